The topological polar surface area (TPSA) is 69.6 Å². The van der Waals surface area contributed by atoms with E-state index in [2.05, 4.69) is 19.2 Å². The molecule has 0 fully saturated rings. The van der Waals surface area contributed by atoms with Crippen LogP contribution < -0.4 is 5.32 Å². The Balaban J connectivity index is 3.35. The Hall–Kier alpha value is -0.610. The van der Waals surface area contributed by atoms with E-state index in [0.29, 0.717) is 12.8 Å². The van der Waals surface area contributed by atoms with Gasteiger partial charge in [-0.05, 0) is 12.8 Å². The van der Waals surface area contributed by atoms with Crippen LogP contribution in [0.2, 0.25) is 0 Å². The molecule has 0 aromatic carbocycles. The Morgan fingerprint density at radius 2 is 0.432 bits per heavy atom. The Morgan fingerprint density at radius 3 is 0.608 bits per heavy atom. The lowest BCUT2D eigenvalue weighted by Gasteiger charge is -2.22. The third-order valence-corrected chi connectivity index (χ3v) is 17.1. The molecule has 2 unspecified atom stereocenters. The number of hydrogen-bond donors (Lipinski definition) is 3. The van der Waals surface area contributed by atoms with Crippen LogP contribution in [0.25, 0.3) is 0 Å². The second-order valence-corrected chi connectivity index (χ2v) is 24.7. The van der Waals surface area contributed by atoms with Gasteiger partial charge in [0.05, 0.1) is 18.8 Å². The van der Waals surface area contributed by atoms with Gasteiger partial charge in [0.15, 0.2) is 0 Å². The summed E-state index contributed by atoms with van der Waals surface area (Å²) in [4.78, 5) is 12.6. The average molecular weight is 1040 g/mol. The number of aliphatic hydroxyl groups excluding tert-OH is 2. The molecule has 3 N–H and O–H groups in total. The van der Waals surface area contributed by atoms with E-state index in [4.69, 9.17) is 0 Å². The number of hydrogen-bond acceptors (Lipinski definition) is 3. The van der Waals surface area contributed by atoms with E-state index in [1.165, 1.54) is 372 Å². The Morgan fingerprint density at radius 1 is 0.270 bits per heavy atom. The average Bonchev–Trinajstić information content (AvgIpc) is 3.40. The number of amides is 1. The fourth-order valence-electron chi connectivity index (χ4n) is 11.8. The molecule has 0 bridgehead atoms. The van der Waals surface area contributed by atoms with Crippen LogP contribution in [0.15, 0.2) is 0 Å². The lowest BCUT2D eigenvalue weighted by molar-refractivity contribution is -0.123. The molecule has 0 rings (SSSR count). The second kappa shape index (κ2) is 66.7. The van der Waals surface area contributed by atoms with Gasteiger partial charge in [0.1, 0.15) is 0 Å². The van der Waals surface area contributed by atoms with Crippen LogP contribution in [0.4, 0.5) is 0 Å². The summed E-state index contributed by atoms with van der Waals surface area (Å²) in [7, 11) is 0. The maximum Gasteiger partial charge on any atom is 0.220 e. The van der Waals surface area contributed by atoms with Gasteiger partial charge in [0.25, 0.3) is 0 Å². The number of carbonyl (C=O) groups excluding carboxylic acids is 1. The summed E-state index contributed by atoms with van der Waals surface area (Å²) in [5.74, 6) is -0.0192. The first kappa shape index (κ1) is 73.4. The van der Waals surface area contributed by atoms with Crippen LogP contribution in [0.1, 0.15) is 425 Å². The minimum atomic E-state index is -0.657. The molecular weight excluding hydrogens is 903 g/mol. The van der Waals surface area contributed by atoms with Crippen molar-refractivity contribution in [3.63, 3.8) is 0 Å². The maximum atomic E-state index is 12.6. The van der Waals surface area contributed by atoms with Gasteiger partial charge >= 0.3 is 0 Å². The molecule has 0 aromatic rings. The van der Waals surface area contributed by atoms with Crippen molar-refractivity contribution in [2.75, 3.05) is 6.61 Å². The summed E-state index contributed by atoms with van der Waals surface area (Å²) in [6.07, 6.45) is 87.4. The van der Waals surface area contributed by atoms with E-state index in [0.717, 1.165) is 25.7 Å². The third-order valence-electron chi connectivity index (χ3n) is 17.1. The monoisotopic (exact) mass is 1040 g/mol. The summed E-state index contributed by atoms with van der Waals surface area (Å²) in [6, 6.07) is -0.533. The van der Waals surface area contributed by atoms with E-state index in [-0.39, 0.29) is 12.5 Å². The Kier molecular flexibility index (Phi) is 66.1. The van der Waals surface area contributed by atoms with E-state index in [9.17, 15) is 15.0 Å². The van der Waals surface area contributed by atoms with Crippen molar-refractivity contribution < 1.29 is 15.0 Å². The van der Waals surface area contributed by atoms with Crippen molar-refractivity contribution in [3.8, 4) is 0 Å². The van der Waals surface area contributed by atoms with Gasteiger partial charge in [0, 0.05) is 6.42 Å². The minimum Gasteiger partial charge on any atom is -0.394 e. The Bertz CT molecular complexity index is 1000. The van der Waals surface area contributed by atoms with Gasteiger partial charge < -0.3 is 15.5 Å². The van der Waals surface area contributed by atoms with Crippen LogP contribution in [0.5, 0.6) is 0 Å². The molecule has 0 aliphatic rings. The summed E-state index contributed by atoms with van der Waals surface area (Å²) in [6.45, 7) is 4.42. The highest BCUT2D eigenvalue weighted by molar-refractivity contribution is 5.76. The van der Waals surface area contributed by atoms with Gasteiger partial charge in [-0.15, -0.1) is 0 Å². The predicted molar refractivity (Wildman–Crippen MR) is 332 cm³/mol. The smallest absolute Gasteiger partial charge is 0.220 e. The molecule has 4 heteroatoms. The second-order valence-electron chi connectivity index (χ2n) is 24.7. The molecule has 444 valence electrons. The zero-order valence-corrected chi connectivity index (χ0v) is 51.4. The van der Waals surface area contributed by atoms with Gasteiger partial charge in [-0.1, -0.05) is 406 Å². The number of carbonyl (C=O) groups is 1. The quantitative estimate of drug-likeness (QED) is 0.0532. The highest BCUT2D eigenvalue weighted by Gasteiger charge is 2.20. The SMILES string of the molecule is CCCCCCCCCCCCCCCCCCCCCCCCCCCCCCCCCCCC(O)C(CO)NC(=O)CCCCCCCCCCCCCCCCCCCCCCCCCCCCCCC. The molecule has 0 radical (unpaired) electrons. The molecule has 1 amide bonds. The summed E-state index contributed by atoms with van der Waals surface area (Å²) < 4.78 is 0. The predicted octanol–water partition coefficient (Wildman–Crippen LogP) is 23.8. The molecular formula is C70H141NO3. The number of unbranched alkanes of at least 4 members (excludes halogenated alkanes) is 60. The molecule has 0 saturated carbocycles. The first-order chi connectivity index (χ1) is 36.7. The van der Waals surface area contributed by atoms with Crippen LogP contribution in [0, 0.1) is 0 Å². The lowest BCUT2D eigenvalue weighted by atomic mass is 10.0. The third kappa shape index (κ3) is 62.2. The highest BCUT2D eigenvalue weighted by atomic mass is 16.3. The van der Waals surface area contributed by atoms with Crippen LogP contribution in [0.3, 0.4) is 0 Å². The van der Waals surface area contributed by atoms with Crippen molar-refractivity contribution in [2.24, 2.45) is 0 Å². The lowest BCUT2D eigenvalue weighted by Crippen LogP contribution is -2.45. The number of rotatable bonds is 67. The molecule has 4 nitrogen and oxygen atoms in total. The molecule has 0 aromatic heterocycles. The highest BCUT2D eigenvalue weighted by Crippen LogP contribution is 2.20. The van der Waals surface area contributed by atoms with Gasteiger partial charge in [-0.25, -0.2) is 0 Å². The zero-order valence-electron chi connectivity index (χ0n) is 51.4. The van der Waals surface area contributed by atoms with Crippen LogP contribution in [-0.2, 0) is 4.79 Å². The van der Waals surface area contributed by atoms with Crippen molar-refractivity contribution in [1.29, 1.82) is 0 Å². The number of nitrogens with one attached hydrogen (secondary N) is 1. The van der Waals surface area contributed by atoms with Crippen molar-refractivity contribution in [2.45, 2.75) is 437 Å². The fraction of sp³-hybridized carbons (Fsp3) is 0.986. The molecule has 0 spiro atoms. The molecule has 0 saturated heterocycles. The van der Waals surface area contributed by atoms with Crippen molar-refractivity contribution in [1.82, 2.24) is 5.32 Å². The van der Waals surface area contributed by atoms with Gasteiger partial charge in [0.2, 0.25) is 5.91 Å². The van der Waals surface area contributed by atoms with Gasteiger partial charge in [-0.3, -0.25) is 4.79 Å². The first-order valence-corrected chi connectivity index (χ1v) is 35.2. The zero-order chi connectivity index (χ0) is 53.4. The van der Waals surface area contributed by atoms with Crippen molar-refractivity contribution in [3.05, 3.63) is 0 Å². The van der Waals surface area contributed by atoms with Crippen LogP contribution >= 0.6 is 0 Å². The largest absolute Gasteiger partial charge is 0.394 e. The van der Waals surface area contributed by atoms with E-state index in [1.807, 2.05) is 0 Å². The summed E-state index contributed by atoms with van der Waals surface area (Å²) >= 11 is 0. The molecule has 74 heavy (non-hydrogen) atoms. The first-order valence-electron chi connectivity index (χ1n) is 35.2. The fourth-order valence-corrected chi connectivity index (χ4v) is 11.8. The molecule has 0 aliphatic carbocycles. The molecule has 0 heterocycles. The summed E-state index contributed by atoms with van der Waals surface area (Å²) in [5, 5.41) is 23.5. The Labute approximate surface area is 467 Å². The maximum absolute atomic E-state index is 12.6. The number of aliphatic hydroxyl groups is 2. The standard InChI is InChI=1S/C70H141NO3/c1-3-5-7-9-11-13-15-17-19-21-23-25-27-29-31-33-34-35-36-38-39-41-43-45-47-49-51-53-55-57-59-61-63-65-69(73)68(67-72)71-70(74)66-64-62-60-58-56-54-52-50-48-46-44-42-40-37-32-30-28-26-24-22-20-18-16-14-12-10-8-6-4-2/h68-69,72-73H,3-67H2,1-2H3,(H,71,74). The van der Waals surface area contributed by atoms with E-state index in [1.54, 1.807) is 0 Å². The minimum absolute atomic E-state index is 0.0192. The van der Waals surface area contributed by atoms with E-state index < -0.39 is 12.1 Å². The van der Waals surface area contributed by atoms with Crippen molar-refractivity contribution >= 4 is 5.91 Å². The molecule has 2 atom stereocenters. The summed E-state index contributed by atoms with van der Waals surface area (Å²) in [5.41, 5.74) is 0. The van der Waals surface area contributed by atoms with Crippen LogP contribution in [-0.4, -0.2) is 34.9 Å². The normalized spacial score (nSPS) is 12.5. The van der Waals surface area contributed by atoms with E-state index >= 15 is 0 Å². The molecule has 0 aliphatic heterocycles. The van der Waals surface area contributed by atoms with Gasteiger partial charge in [-0.2, -0.15) is 0 Å².